The van der Waals surface area contributed by atoms with Crippen LogP contribution in [0.15, 0.2) is 62.8 Å². The molecule has 28 heavy (non-hydrogen) atoms. The first kappa shape index (κ1) is 18.8. The summed E-state index contributed by atoms with van der Waals surface area (Å²) < 4.78 is 1.15. The summed E-state index contributed by atoms with van der Waals surface area (Å²) in [5.74, 6) is 1.05. The number of thiophene rings is 1. The fourth-order valence-electron chi connectivity index (χ4n) is 3.95. The molecule has 0 spiro atoms. The van der Waals surface area contributed by atoms with Crippen LogP contribution in [0.5, 0.6) is 0 Å². The van der Waals surface area contributed by atoms with E-state index in [1.165, 1.54) is 0 Å². The molecule has 2 N–H and O–H groups in total. The number of rotatable bonds is 4. The minimum absolute atomic E-state index is 0.110. The molecule has 1 aliphatic carbocycles. The summed E-state index contributed by atoms with van der Waals surface area (Å²) in [6, 6.07) is 8.09. The number of nitrogens with two attached hydrogens (primary N) is 1. The number of nitriles is 1. The van der Waals surface area contributed by atoms with Gasteiger partial charge in [-0.2, -0.15) is 5.26 Å². The molecule has 0 radical (unpaired) electrons. The van der Waals surface area contributed by atoms with Gasteiger partial charge in [-0.3, -0.25) is 14.7 Å². The number of pyridine rings is 1. The molecule has 7 heteroatoms. The largest absolute Gasteiger partial charge is 0.384 e. The Hall–Kier alpha value is -2.56. The molecule has 0 aromatic carbocycles. The Balaban J connectivity index is 1.96. The van der Waals surface area contributed by atoms with E-state index in [1.807, 2.05) is 28.5 Å². The third kappa shape index (κ3) is 3.03. The summed E-state index contributed by atoms with van der Waals surface area (Å²) >= 11 is 3.39. The standard InChI is InChI=1S/C21H20N4OS2/c1-2-27-21-14(8-10-28-21)18-15(11-22)20(23)25(13-5-4-9-24-12-13)16-6-3-7-17(26)19(16)18/h4-5,8-10,12,18H,2-3,6-7,23H2,1H3/t18-/m1/s1. The molecule has 0 amide bonds. The lowest BCUT2D eigenvalue weighted by Crippen LogP contribution is -2.38. The number of aromatic nitrogens is 1. The molecule has 2 aliphatic rings. The van der Waals surface area contributed by atoms with Crippen molar-refractivity contribution in [2.75, 3.05) is 10.7 Å². The van der Waals surface area contributed by atoms with Gasteiger partial charge in [-0.1, -0.05) is 6.92 Å². The summed E-state index contributed by atoms with van der Waals surface area (Å²) in [7, 11) is 0. The molecule has 0 bridgehead atoms. The summed E-state index contributed by atoms with van der Waals surface area (Å²) in [4.78, 5) is 19.1. The Morgan fingerprint density at radius 1 is 1.43 bits per heavy atom. The van der Waals surface area contributed by atoms with E-state index in [0.717, 1.165) is 45.3 Å². The second-order valence-corrected chi connectivity index (χ2v) is 9.07. The summed E-state index contributed by atoms with van der Waals surface area (Å²) in [6.07, 6.45) is 5.47. The van der Waals surface area contributed by atoms with Crippen molar-refractivity contribution in [3.05, 3.63) is 64.2 Å². The van der Waals surface area contributed by atoms with E-state index < -0.39 is 0 Å². The van der Waals surface area contributed by atoms with Gasteiger partial charge in [0, 0.05) is 23.9 Å². The highest BCUT2D eigenvalue weighted by atomic mass is 32.2. The highest BCUT2D eigenvalue weighted by Crippen LogP contribution is 2.49. The van der Waals surface area contributed by atoms with Gasteiger partial charge in [0.1, 0.15) is 5.82 Å². The highest BCUT2D eigenvalue weighted by Gasteiger charge is 2.41. The van der Waals surface area contributed by atoms with Crippen LogP contribution in [0.2, 0.25) is 0 Å². The van der Waals surface area contributed by atoms with E-state index in [2.05, 4.69) is 18.0 Å². The van der Waals surface area contributed by atoms with E-state index in [9.17, 15) is 10.1 Å². The van der Waals surface area contributed by atoms with Crippen LogP contribution in [0.3, 0.4) is 0 Å². The van der Waals surface area contributed by atoms with Crippen molar-refractivity contribution in [3.8, 4) is 6.07 Å². The van der Waals surface area contributed by atoms with E-state index in [0.29, 0.717) is 17.8 Å². The van der Waals surface area contributed by atoms with Crippen LogP contribution >= 0.6 is 23.1 Å². The number of hydrogen-bond acceptors (Lipinski definition) is 7. The maximum absolute atomic E-state index is 13.1. The maximum atomic E-state index is 13.1. The molecule has 4 rings (SSSR count). The highest BCUT2D eigenvalue weighted by molar-refractivity contribution is 8.01. The zero-order valence-corrected chi connectivity index (χ0v) is 17.1. The number of carbonyl (C=O) groups is 1. The quantitative estimate of drug-likeness (QED) is 0.747. The van der Waals surface area contributed by atoms with Gasteiger partial charge >= 0.3 is 0 Å². The van der Waals surface area contributed by atoms with Crippen LogP contribution in [0.25, 0.3) is 0 Å². The van der Waals surface area contributed by atoms with Gasteiger partial charge in [0.25, 0.3) is 0 Å². The summed E-state index contributed by atoms with van der Waals surface area (Å²) in [5.41, 5.74) is 10.4. The molecule has 3 heterocycles. The van der Waals surface area contributed by atoms with Crippen LogP contribution in [0.1, 0.15) is 37.7 Å². The number of Topliss-reactive ketones (excluding diaryl/α,β-unsaturated/α-hetero) is 1. The number of ketones is 1. The molecule has 2 aromatic rings. The molecule has 0 unspecified atom stereocenters. The SMILES string of the molecule is CCSc1sccc1[C@@H]1C(C#N)=C(N)N(c2cccnc2)C2=C1C(=O)CCC2. The van der Waals surface area contributed by atoms with Crippen molar-refractivity contribution in [3.63, 3.8) is 0 Å². The van der Waals surface area contributed by atoms with E-state index in [-0.39, 0.29) is 11.7 Å². The average Bonchev–Trinajstić information content (AvgIpc) is 3.16. The first-order valence-electron chi connectivity index (χ1n) is 9.23. The third-order valence-electron chi connectivity index (χ3n) is 5.06. The number of thioether (sulfide) groups is 1. The summed E-state index contributed by atoms with van der Waals surface area (Å²) in [5, 5.41) is 12.1. The Bertz CT molecular complexity index is 1020. The molecule has 2 aromatic heterocycles. The Kier molecular flexibility index (Phi) is 5.25. The van der Waals surface area contributed by atoms with Crippen molar-refractivity contribution in [1.29, 1.82) is 5.26 Å². The van der Waals surface area contributed by atoms with Crippen molar-refractivity contribution in [2.45, 2.75) is 36.3 Å². The van der Waals surface area contributed by atoms with Gasteiger partial charge in [-0.15, -0.1) is 23.1 Å². The Labute approximate surface area is 172 Å². The zero-order chi connectivity index (χ0) is 19.7. The maximum Gasteiger partial charge on any atom is 0.161 e. The average molecular weight is 409 g/mol. The van der Waals surface area contributed by atoms with Crippen molar-refractivity contribution in [1.82, 2.24) is 4.98 Å². The predicted molar refractivity (Wildman–Crippen MR) is 113 cm³/mol. The monoisotopic (exact) mass is 408 g/mol. The zero-order valence-electron chi connectivity index (χ0n) is 15.5. The van der Waals surface area contributed by atoms with Gasteiger partial charge in [0.05, 0.1) is 33.7 Å². The predicted octanol–water partition coefficient (Wildman–Crippen LogP) is 4.56. The number of hydrogen-bond donors (Lipinski definition) is 1. The fraction of sp³-hybridized carbons (Fsp3) is 0.286. The molecule has 5 nitrogen and oxygen atoms in total. The van der Waals surface area contributed by atoms with Crippen LogP contribution in [-0.2, 0) is 4.79 Å². The molecule has 0 saturated heterocycles. The van der Waals surface area contributed by atoms with E-state index >= 15 is 0 Å². The number of carbonyl (C=O) groups excluding carboxylic acids is 1. The number of allylic oxidation sites excluding steroid dienone is 3. The molecule has 1 atom stereocenters. The van der Waals surface area contributed by atoms with Gasteiger partial charge in [-0.05, 0) is 47.7 Å². The van der Waals surface area contributed by atoms with Crippen LogP contribution in [-0.4, -0.2) is 16.5 Å². The number of anilines is 1. The molecular weight excluding hydrogens is 388 g/mol. The van der Waals surface area contributed by atoms with Gasteiger partial charge < -0.3 is 5.73 Å². The Morgan fingerprint density at radius 2 is 2.29 bits per heavy atom. The van der Waals surface area contributed by atoms with Crippen molar-refractivity contribution in [2.24, 2.45) is 5.73 Å². The lowest BCUT2D eigenvalue weighted by atomic mass is 9.76. The first-order valence-corrected chi connectivity index (χ1v) is 11.1. The van der Waals surface area contributed by atoms with Crippen LogP contribution in [0.4, 0.5) is 5.69 Å². The van der Waals surface area contributed by atoms with Crippen LogP contribution < -0.4 is 10.6 Å². The third-order valence-corrected chi connectivity index (χ3v) is 7.21. The topological polar surface area (TPSA) is 83.0 Å². The van der Waals surface area contributed by atoms with Gasteiger partial charge in [-0.25, -0.2) is 0 Å². The Morgan fingerprint density at radius 3 is 3.00 bits per heavy atom. The van der Waals surface area contributed by atoms with Gasteiger partial charge in [0.15, 0.2) is 5.78 Å². The second-order valence-electron chi connectivity index (χ2n) is 6.62. The fourth-order valence-corrected chi connectivity index (χ4v) is 6.01. The molecule has 0 fully saturated rings. The molecule has 1 aliphatic heterocycles. The lowest BCUT2D eigenvalue weighted by Gasteiger charge is -2.39. The van der Waals surface area contributed by atoms with Gasteiger partial charge in [0.2, 0.25) is 0 Å². The molecular formula is C21H20N4OS2. The number of nitrogens with zero attached hydrogens (tertiary/aromatic N) is 3. The van der Waals surface area contributed by atoms with Crippen LogP contribution in [0, 0.1) is 11.3 Å². The molecule has 0 saturated carbocycles. The second kappa shape index (κ2) is 7.82. The summed E-state index contributed by atoms with van der Waals surface area (Å²) in [6.45, 7) is 2.10. The smallest absolute Gasteiger partial charge is 0.161 e. The van der Waals surface area contributed by atoms with E-state index in [1.54, 1.807) is 35.5 Å². The first-order chi connectivity index (χ1) is 13.7. The van der Waals surface area contributed by atoms with Crippen molar-refractivity contribution >= 4 is 34.6 Å². The molecule has 142 valence electrons. The lowest BCUT2D eigenvalue weighted by molar-refractivity contribution is -0.116. The van der Waals surface area contributed by atoms with E-state index in [4.69, 9.17) is 5.73 Å². The minimum Gasteiger partial charge on any atom is -0.384 e. The minimum atomic E-state index is -0.388. The van der Waals surface area contributed by atoms with Crippen molar-refractivity contribution < 1.29 is 4.79 Å². The normalized spacial score (nSPS) is 19.6.